The molecule has 13 N–H and O–H groups in total. The maximum Gasteiger partial charge on any atom is 0.516 e. The second-order valence-electron chi connectivity index (χ2n) is 31.1. The Balaban J connectivity index is -0.0000000714. The van der Waals surface area contributed by atoms with Gasteiger partial charge in [-0.05, 0) is 181 Å². The van der Waals surface area contributed by atoms with Crippen molar-refractivity contribution in [3.8, 4) is 148 Å². The van der Waals surface area contributed by atoms with Gasteiger partial charge in [0.05, 0.1) is 60.4 Å². The lowest BCUT2D eigenvalue weighted by molar-refractivity contribution is -0.384. The molecule has 0 aliphatic carbocycles. The summed E-state index contributed by atoms with van der Waals surface area (Å²) in [6, 6.07) is 2.74. The third-order valence-electron chi connectivity index (χ3n) is 18.6. The zero-order valence-corrected chi connectivity index (χ0v) is 73.6. The van der Waals surface area contributed by atoms with Gasteiger partial charge in [-0.15, -0.1) is 0 Å². The molecule has 2 aliphatic heterocycles. The fraction of sp³-hybridized carbons (Fsp3) is 0.632. The molecule has 2 heterocycles. The fourth-order valence-corrected chi connectivity index (χ4v) is 11.4. The summed E-state index contributed by atoms with van der Waals surface area (Å²) in [6.45, 7) is 14.8. The standard InChI is InChI=1S/C50H51NO9.C32H61NO11.C13H15NO7.24H2/c1-3-5-7-9-11-13-15-17-18-19-20-21-22-23-24-25-26-27-29-31-33-35-37-39-45(53)59-43(38-36-34-32-30-28-16-14-12-10-8-6-4-2)46(54)42(51)41-58-50-49(57)48(56)47(55)44(40-52)60-50;1-6-7-8-9-10-11-12-13-14-15-16-17-18-22(2)25(35)23(33-31(40)43-21-42-30(39)32(3,4)5)20-41-29-28(38)27(37)26(36)24(19-34)44-29;1-13(2,3)11(15)19-8-20-12(16)21-10-6-4-9(5-7-10)14(17)18;;;;;;;;;;;;;;;;;;;;;;;;/h42-44,46-50,52,54-57H,4,6,8,10,12,14,16,28,30,32,34,36,38,40-41,51H2,1-2H3;22-29,34-38H,6-21H2,1-5H3,(H,33,40);4-7H,8H2,1-3H3;24*1H/t42-,43+,44?,46-,47-,48-,49?,50-;22-,23+,24?,25-,26+,27+,28?,29+;;;;;;;;;;;;;;;;;;;;;;;;;/m01........................./s1. The number of carbonyl (C=O) groups is 5. The number of esters is 3. The maximum absolute atomic E-state index is 12.6. The molecular weight excluding hydrogens is 1620 g/mol. The molecule has 732 valence electrons. The van der Waals surface area contributed by atoms with Gasteiger partial charge in [0.2, 0.25) is 13.6 Å². The maximum atomic E-state index is 12.6. The number of nitrogens with two attached hydrogens (primary N) is 1. The summed E-state index contributed by atoms with van der Waals surface area (Å²) >= 11 is 0. The van der Waals surface area contributed by atoms with Crippen molar-refractivity contribution < 1.29 is 162 Å². The summed E-state index contributed by atoms with van der Waals surface area (Å²) in [4.78, 5) is 69.6. The number of nitro groups is 1. The molecule has 2 saturated heterocycles. The van der Waals surface area contributed by atoms with E-state index >= 15 is 0 Å². The third-order valence-corrected chi connectivity index (χ3v) is 18.6. The van der Waals surface area contributed by atoms with Crippen molar-refractivity contribution in [2.24, 2.45) is 22.5 Å². The molecular formula is C95H175N3O27. The van der Waals surface area contributed by atoms with E-state index in [1.54, 1.807) is 48.5 Å². The van der Waals surface area contributed by atoms with Crippen molar-refractivity contribution in [2.45, 2.75) is 328 Å². The van der Waals surface area contributed by atoms with E-state index in [0.29, 0.717) is 19.3 Å². The van der Waals surface area contributed by atoms with Gasteiger partial charge in [0.15, 0.2) is 12.6 Å². The lowest BCUT2D eigenvalue weighted by Crippen LogP contribution is -2.60. The second-order valence-corrected chi connectivity index (χ2v) is 31.1. The molecule has 4 unspecified atom stereocenters. The number of aliphatic hydroxyl groups is 10. The topological polar surface area (TPSA) is 461 Å². The minimum absolute atomic E-state index is 0. The zero-order chi connectivity index (χ0) is 93.1. The molecule has 0 aromatic heterocycles. The number of non-ortho nitro benzene ring substituents is 1. The molecule has 0 bridgehead atoms. The average molecular weight is 1790 g/mol. The van der Waals surface area contributed by atoms with Crippen LogP contribution in [0.25, 0.3) is 0 Å². The normalized spacial score (nSPS) is 18.9. The number of aliphatic hydroxyl groups excluding tert-OH is 10. The molecule has 30 heteroatoms. The number of nitrogens with zero attached hydrogens (tertiary/aromatic N) is 1. The van der Waals surface area contributed by atoms with E-state index in [9.17, 15) is 85.2 Å². The number of alkyl carbamates (subject to hydrolysis) is 1. The Labute approximate surface area is 773 Å². The lowest BCUT2D eigenvalue weighted by Gasteiger charge is -2.40. The van der Waals surface area contributed by atoms with Crippen LogP contribution >= 0.6 is 0 Å². The summed E-state index contributed by atoms with van der Waals surface area (Å²) in [5, 5.41) is 115. The molecule has 1 aromatic rings. The van der Waals surface area contributed by atoms with Crippen LogP contribution in [0.3, 0.4) is 0 Å². The van der Waals surface area contributed by atoms with Gasteiger partial charge < -0.3 is 109 Å². The molecule has 1 amide bonds. The smallest absolute Gasteiger partial charge is 0.450 e. The first-order valence-corrected chi connectivity index (χ1v) is 42.3. The average Bonchev–Trinajstić information content (AvgIpc) is 0.818. The van der Waals surface area contributed by atoms with E-state index < -0.39 is 165 Å². The molecule has 2 fully saturated rings. The van der Waals surface area contributed by atoms with Crippen LogP contribution in [0.2, 0.25) is 0 Å². The van der Waals surface area contributed by atoms with Gasteiger partial charge in [0.1, 0.15) is 66.8 Å². The number of hydrogen-bond acceptors (Lipinski definition) is 28. The molecule has 16 atom stereocenters. The molecule has 0 radical (unpaired) electrons. The highest BCUT2D eigenvalue weighted by Crippen LogP contribution is 2.27. The minimum Gasteiger partial charge on any atom is -0.450 e. The van der Waals surface area contributed by atoms with Gasteiger partial charge in [0, 0.05) is 87.8 Å². The quantitative estimate of drug-likeness (QED) is 0.00332. The third kappa shape index (κ3) is 53.6. The number of carbonyl (C=O) groups excluding carboxylic acids is 5. The minimum atomic E-state index is -1.64. The van der Waals surface area contributed by atoms with Gasteiger partial charge >= 0.3 is 30.2 Å². The van der Waals surface area contributed by atoms with Crippen LogP contribution in [0.15, 0.2) is 24.3 Å². The fourth-order valence-electron chi connectivity index (χ4n) is 11.4. The van der Waals surface area contributed by atoms with E-state index in [-0.39, 0.29) is 64.8 Å². The van der Waals surface area contributed by atoms with Crippen LogP contribution in [0.5, 0.6) is 5.75 Å². The van der Waals surface area contributed by atoms with Crippen molar-refractivity contribution in [2.75, 3.05) is 40.0 Å². The highest BCUT2D eigenvalue weighted by Gasteiger charge is 2.46. The number of ether oxygens (including phenoxy) is 10. The molecule has 3 rings (SSSR count). The summed E-state index contributed by atoms with van der Waals surface area (Å²) in [7, 11) is 0. The van der Waals surface area contributed by atoms with Crippen molar-refractivity contribution in [3.63, 3.8) is 0 Å². The summed E-state index contributed by atoms with van der Waals surface area (Å²) in [5.74, 6) is 57.3. The van der Waals surface area contributed by atoms with Gasteiger partial charge in [0.25, 0.3) is 5.69 Å². The van der Waals surface area contributed by atoms with Crippen LogP contribution in [-0.2, 0) is 57.0 Å². The largest absolute Gasteiger partial charge is 0.516 e. The van der Waals surface area contributed by atoms with Gasteiger partial charge in [-0.1, -0.05) is 174 Å². The highest BCUT2D eigenvalue weighted by atomic mass is 16.8. The van der Waals surface area contributed by atoms with E-state index in [1.165, 1.54) is 127 Å². The van der Waals surface area contributed by atoms with E-state index in [0.717, 1.165) is 44.9 Å². The van der Waals surface area contributed by atoms with Crippen LogP contribution in [0, 0.1) is 169 Å². The number of benzene rings is 1. The Morgan fingerprint density at radius 2 is 0.840 bits per heavy atom. The number of rotatable bonds is 46. The molecule has 1 aromatic carbocycles. The van der Waals surface area contributed by atoms with Crippen molar-refractivity contribution in [3.05, 3.63) is 34.4 Å². The highest BCUT2D eigenvalue weighted by molar-refractivity contribution is 5.89. The predicted molar refractivity (Wildman–Crippen MR) is 514 cm³/mol. The van der Waals surface area contributed by atoms with Crippen LogP contribution in [0.1, 0.15) is 270 Å². The first kappa shape index (κ1) is 113. The SMILES string of the molecule is CC#CC#CC#CC#CC#CC#CC#CC#CC#CC#CC#CC#CC(=O)O[C@H](CCCCCCCCCCCCCC)[C@@H](O)[C@@H](N)CO[C@H]1OC(CO)[C@H](O)[C@H](O)C1O.CC(C)(C)C(=O)OCOC(=O)Oc1ccc([N+](=O)[O-])cc1.CCCCCCCCCCCCCC[C@@H](C)[C@@H](O)[C@H](CO[C@H]1OC(CO)[C@H](O)[C@H](O)C1O)NC(=O)OCOC(=O)C(C)(C)C.[HH].[HH].[HH].[HH].[HH].[HH].[HH].[HH].[HH].[HH].[HH].[HH].[HH].[HH].[HH].[HH].[HH].[HH].[HH].[HH].[HH].[HH].[HH].[HH]. The second kappa shape index (κ2) is 69.0. The monoisotopic (exact) mass is 1790 g/mol. The van der Waals surface area contributed by atoms with Crippen LogP contribution in [0.4, 0.5) is 15.3 Å². The first-order valence-electron chi connectivity index (χ1n) is 42.3. The Morgan fingerprint density at radius 3 is 1.21 bits per heavy atom. The van der Waals surface area contributed by atoms with Crippen LogP contribution < -0.4 is 15.8 Å². The predicted octanol–water partition coefficient (Wildman–Crippen LogP) is 13.6. The van der Waals surface area contributed by atoms with Gasteiger partial charge in [-0.25, -0.2) is 14.4 Å². The summed E-state index contributed by atoms with van der Waals surface area (Å²) in [6.07, 6.45) is 8.86. The summed E-state index contributed by atoms with van der Waals surface area (Å²) < 4.78 is 51.3. The Morgan fingerprint density at radius 1 is 0.488 bits per heavy atom. The van der Waals surface area contributed by atoms with Gasteiger partial charge in [-0.2, -0.15) is 0 Å². The van der Waals surface area contributed by atoms with Crippen molar-refractivity contribution >= 4 is 35.8 Å². The molecule has 0 saturated carbocycles. The number of hydrogen-bond donors (Lipinski definition) is 12. The van der Waals surface area contributed by atoms with Crippen molar-refractivity contribution in [1.82, 2.24) is 5.32 Å². The Bertz CT molecular complexity index is 4290. The first-order chi connectivity index (χ1) is 59.8. The van der Waals surface area contributed by atoms with Gasteiger partial charge in [-0.3, -0.25) is 19.7 Å². The van der Waals surface area contributed by atoms with E-state index in [1.807, 2.05) is 6.92 Å². The van der Waals surface area contributed by atoms with Crippen molar-refractivity contribution in [1.29, 1.82) is 0 Å². The number of nitro benzene ring substituents is 1. The molecule has 2 aliphatic rings. The van der Waals surface area contributed by atoms with E-state index in [2.05, 4.69) is 166 Å². The number of nitrogens with one attached hydrogen (secondary N) is 1. The lowest BCUT2D eigenvalue weighted by atomic mass is 9.92. The molecule has 0 spiro atoms. The van der Waals surface area contributed by atoms with E-state index in [4.69, 9.17) is 48.4 Å². The Kier molecular flexibility index (Phi) is 62.2. The number of amides is 1. The van der Waals surface area contributed by atoms with Crippen LogP contribution in [-0.4, -0.2) is 218 Å². The molecule has 30 nitrogen and oxygen atoms in total. The zero-order valence-electron chi connectivity index (χ0n) is 73.6. The Hall–Kier alpha value is -10.3. The number of unbranched alkanes of at least 4 members (excludes halogenated alkanes) is 22. The summed E-state index contributed by atoms with van der Waals surface area (Å²) in [5.41, 5.74) is 4.59. The molecule has 125 heavy (non-hydrogen) atoms.